The molecule has 2 rings (SSSR count). The van der Waals surface area contributed by atoms with Gasteiger partial charge in [-0.15, -0.1) is 0 Å². The fraction of sp³-hybridized carbons (Fsp3) is 0.143. The van der Waals surface area contributed by atoms with Crippen molar-refractivity contribution in [3.8, 4) is 11.1 Å². The van der Waals surface area contributed by atoms with Crippen LogP contribution < -0.4 is 0 Å². The normalized spacial score (nSPS) is 10.1. The second kappa shape index (κ2) is 4.27. The third-order valence-electron chi connectivity index (χ3n) is 2.73. The number of nitrogens with zero attached hydrogens (tertiary/aromatic N) is 1. The molecule has 0 radical (unpaired) electrons. The standard InChI is InChI=1S/C14H13NO/c1-10-7-12(3-4-13(10)9-16)14-5-6-15-8-11(14)2/h3-9H,1-2H3. The fourth-order valence-electron chi connectivity index (χ4n) is 1.77. The van der Waals surface area contributed by atoms with Crippen molar-refractivity contribution in [3.63, 3.8) is 0 Å². The Hall–Kier alpha value is -1.96. The molecule has 0 aliphatic heterocycles. The SMILES string of the molecule is Cc1cc(-c2ccncc2C)ccc1C=O. The van der Waals surface area contributed by atoms with Gasteiger partial charge in [-0.25, -0.2) is 0 Å². The summed E-state index contributed by atoms with van der Waals surface area (Å²) in [6.07, 6.45) is 4.52. The lowest BCUT2D eigenvalue weighted by Crippen LogP contribution is -1.89. The van der Waals surface area contributed by atoms with Crippen LogP contribution in [0.4, 0.5) is 0 Å². The molecule has 1 heterocycles. The molecule has 0 spiro atoms. The van der Waals surface area contributed by atoms with Crippen LogP contribution in [0.5, 0.6) is 0 Å². The molecule has 2 heteroatoms. The molecule has 1 aromatic heterocycles. The molecule has 0 unspecified atom stereocenters. The van der Waals surface area contributed by atoms with E-state index in [4.69, 9.17) is 0 Å². The van der Waals surface area contributed by atoms with E-state index >= 15 is 0 Å². The highest BCUT2D eigenvalue weighted by Crippen LogP contribution is 2.24. The smallest absolute Gasteiger partial charge is 0.150 e. The quantitative estimate of drug-likeness (QED) is 0.714. The van der Waals surface area contributed by atoms with Gasteiger partial charge in [0.25, 0.3) is 0 Å². The summed E-state index contributed by atoms with van der Waals surface area (Å²) in [6, 6.07) is 7.85. The third-order valence-corrected chi connectivity index (χ3v) is 2.73. The van der Waals surface area contributed by atoms with Gasteiger partial charge < -0.3 is 0 Å². The molecule has 1 aromatic carbocycles. The lowest BCUT2D eigenvalue weighted by Gasteiger charge is -2.07. The number of pyridine rings is 1. The first kappa shape index (κ1) is 10.6. The summed E-state index contributed by atoms with van der Waals surface area (Å²) in [5, 5.41) is 0. The molecular weight excluding hydrogens is 198 g/mol. The highest BCUT2D eigenvalue weighted by atomic mass is 16.1. The number of aldehydes is 1. The summed E-state index contributed by atoms with van der Waals surface area (Å²) >= 11 is 0. The molecule has 0 bridgehead atoms. The van der Waals surface area contributed by atoms with Crippen molar-refractivity contribution >= 4 is 6.29 Å². The number of aryl methyl sites for hydroxylation is 2. The first-order chi connectivity index (χ1) is 7.72. The minimum absolute atomic E-state index is 0.746. The van der Waals surface area contributed by atoms with Crippen molar-refractivity contribution in [1.82, 2.24) is 4.98 Å². The second-order valence-corrected chi connectivity index (χ2v) is 3.88. The summed E-state index contributed by atoms with van der Waals surface area (Å²) in [4.78, 5) is 14.8. The summed E-state index contributed by atoms with van der Waals surface area (Å²) in [5.74, 6) is 0. The van der Waals surface area contributed by atoms with Gasteiger partial charge in [-0.3, -0.25) is 9.78 Å². The maximum Gasteiger partial charge on any atom is 0.150 e. The summed E-state index contributed by atoms with van der Waals surface area (Å²) < 4.78 is 0. The summed E-state index contributed by atoms with van der Waals surface area (Å²) in [5.41, 5.74) is 5.18. The Labute approximate surface area is 95.0 Å². The number of rotatable bonds is 2. The van der Waals surface area contributed by atoms with Gasteiger partial charge in [-0.05, 0) is 42.2 Å². The lowest BCUT2D eigenvalue weighted by atomic mass is 9.98. The van der Waals surface area contributed by atoms with Crippen LogP contribution in [-0.2, 0) is 0 Å². The number of aromatic nitrogens is 1. The Balaban J connectivity index is 2.54. The molecule has 0 aliphatic carbocycles. The number of hydrogen-bond donors (Lipinski definition) is 0. The lowest BCUT2D eigenvalue weighted by molar-refractivity contribution is 0.112. The monoisotopic (exact) mass is 211 g/mol. The van der Waals surface area contributed by atoms with E-state index in [1.165, 1.54) is 0 Å². The van der Waals surface area contributed by atoms with E-state index in [0.717, 1.165) is 34.1 Å². The van der Waals surface area contributed by atoms with Crippen molar-refractivity contribution in [2.45, 2.75) is 13.8 Å². The largest absolute Gasteiger partial charge is 0.298 e. The molecule has 2 aromatic rings. The van der Waals surface area contributed by atoms with Gasteiger partial charge in [0.1, 0.15) is 6.29 Å². The maximum atomic E-state index is 10.7. The number of hydrogen-bond acceptors (Lipinski definition) is 2. The molecule has 0 aliphatic rings. The second-order valence-electron chi connectivity index (χ2n) is 3.88. The Morgan fingerprint density at radius 1 is 1.12 bits per heavy atom. The highest BCUT2D eigenvalue weighted by Gasteiger charge is 2.03. The van der Waals surface area contributed by atoms with Crippen LogP contribution in [0.3, 0.4) is 0 Å². The average Bonchev–Trinajstić information content (AvgIpc) is 2.29. The maximum absolute atomic E-state index is 10.7. The van der Waals surface area contributed by atoms with Crippen LogP contribution in [0, 0.1) is 13.8 Å². The van der Waals surface area contributed by atoms with E-state index in [-0.39, 0.29) is 0 Å². The Kier molecular flexibility index (Phi) is 2.82. The minimum atomic E-state index is 0.746. The molecule has 0 atom stereocenters. The molecule has 0 saturated carbocycles. The molecule has 0 saturated heterocycles. The zero-order chi connectivity index (χ0) is 11.5. The van der Waals surface area contributed by atoms with Crippen molar-refractivity contribution < 1.29 is 4.79 Å². The number of carbonyl (C=O) groups is 1. The molecule has 0 N–H and O–H groups in total. The van der Waals surface area contributed by atoms with Crippen LogP contribution in [0.25, 0.3) is 11.1 Å². The highest BCUT2D eigenvalue weighted by molar-refractivity contribution is 5.79. The van der Waals surface area contributed by atoms with Gasteiger partial charge in [0.15, 0.2) is 0 Å². The third kappa shape index (κ3) is 1.87. The van der Waals surface area contributed by atoms with Gasteiger partial charge >= 0.3 is 0 Å². The van der Waals surface area contributed by atoms with Crippen LogP contribution in [-0.4, -0.2) is 11.3 Å². The van der Waals surface area contributed by atoms with Crippen LogP contribution in [0.15, 0.2) is 36.7 Å². The summed E-state index contributed by atoms with van der Waals surface area (Å²) in [7, 11) is 0. The van der Waals surface area contributed by atoms with E-state index < -0.39 is 0 Å². The van der Waals surface area contributed by atoms with Crippen molar-refractivity contribution in [1.29, 1.82) is 0 Å². The Morgan fingerprint density at radius 2 is 1.94 bits per heavy atom. The van der Waals surface area contributed by atoms with E-state index in [9.17, 15) is 4.79 Å². The van der Waals surface area contributed by atoms with E-state index in [0.29, 0.717) is 0 Å². The predicted octanol–water partition coefficient (Wildman–Crippen LogP) is 3.18. The van der Waals surface area contributed by atoms with E-state index in [1.54, 1.807) is 6.20 Å². The zero-order valence-corrected chi connectivity index (χ0v) is 9.40. The molecular formula is C14H13NO. The van der Waals surface area contributed by atoms with Crippen LogP contribution in [0.1, 0.15) is 21.5 Å². The zero-order valence-electron chi connectivity index (χ0n) is 9.40. The van der Waals surface area contributed by atoms with Gasteiger partial charge in [0.2, 0.25) is 0 Å². The van der Waals surface area contributed by atoms with Gasteiger partial charge in [0, 0.05) is 18.0 Å². The van der Waals surface area contributed by atoms with Crippen LogP contribution in [0.2, 0.25) is 0 Å². The van der Waals surface area contributed by atoms with E-state index in [2.05, 4.69) is 4.98 Å². The predicted molar refractivity (Wildman–Crippen MR) is 64.5 cm³/mol. The van der Waals surface area contributed by atoms with Crippen LogP contribution >= 0.6 is 0 Å². The average molecular weight is 211 g/mol. The molecule has 2 nitrogen and oxygen atoms in total. The number of benzene rings is 1. The Bertz CT molecular complexity index is 532. The fourth-order valence-corrected chi connectivity index (χ4v) is 1.77. The minimum Gasteiger partial charge on any atom is -0.298 e. The first-order valence-electron chi connectivity index (χ1n) is 5.19. The molecule has 80 valence electrons. The van der Waals surface area contributed by atoms with E-state index in [1.807, 2.05) is 44.3 Å². The molecule has 0 amide bonds. The van der Waals surface area contributed by atoms with Crippen molar-refractivity contribution in [3.05, 3.63) is 53.3 Å². The topological polar surface area (TPSA) is 30.0 Å². The first-order valence-corrected chi connectivity index (χ1v) is 5.19. The number of carbonyl (C=O) groups excluding carboxylic acids is 1. The molecule has 16 heavy (non-hydrogen) atoms. The van der Waals surface area contributed by atoms with Gasteiger partial charge in [-0.1, -0.05) is 18.2 Å². The van der Waals surface area contributed by atoms with Gasteiger partial charge in [0.05, 0.1) is 0 Å². The van der Waals surface area contributed by atoms with Crippen molar-refractivity contribution in [2.24, 2.45) is 0 Å². The Morgan fingerprint density at radius 3 is 2.56 bits per heavy atom. The van der Waals surface area contributed by atoms with Gasteiger partial charge in [-0.2, -0.15) is 0 Å². The van der Waals surface area contributed by atoms with Crippen molar-refractivity contribution in [2.75, 3.05) is 0 Å². The summed E-state index contributed by atoms with van der Waals surface area (Å²) in [6.45, 7) is 3.98. The molecule has 0 fully saturated rings.